The summed E-state index contributed by atoms with van der Waals surface area (Å²) in [6.07, 6.45) is 0. The van der Waals surface area contributed by atoms with Crippen LogP contribution in [0.25, 0.3) is 0 Å². The van der Waals surface area contributed by atoms with Gasteiger partial charge in [-0.3, -0.25) is 0 Å². The number of hydrogen-bond donors (Lipinski definition) is 1. The van der Waals surface area contributed by atoms with Crippen LogP contribution in [0.15, 0.2) is 18.2 Å². The van der Waals surface area contributed by atoms with Crippen molar-refractivity contribution in [3.8, 4) is 11.8 Å². The SMILES string of the molecule is Cc1ccc(F)cc1C#CC(C)(C)N. The van der Waals surface area contributed by atoms with Crippen LogP contribution in [-0.4, -0.2) is 5.54 Å². The Kier molecular flexibility index (Phi) is 2.93. The fourth-order valence-corrected chi connectivity index (χ4v) is 0.957. The molecule has 1 rings (SSSR count). The molecule has 0 saturated heterocycles. The Labute approximate surface area is 84.1 Å². The van der Waals surface area contributed by atoms with Gasteiger partial charge in [0, 0.05) is 5.56 Å². The van der Waals surface area contributed by atoms with E-state index in [1.54, 1.807) is 6.07 Å². The summed E-state index contributed by atoms with van der Waals surface area (Å²) in [5.41, 5.74) is 6.82. The summed E-state index contributed by atoms with van der Waals surface area (Å²) in [5.74, 6) is 5.48. The number of hydrogen-bond acceptors (Lipinski definition) is 1. The van der Waals surface area contributed by atoms with E-state index in [9.17, 15) is 4.39 Å². The molecule has 0 unspecified atom stereocenters. The molecular formula is C12H14FN. The molecule has 0 saturated carbocycles. The van der Waals surface area contributed by atoms with Crippen molar-refractivity contribution in [3.05, 3.63) is 35.1 Å². The van der Waals surface area contributed by atoms with E-state index >= 15 is 0 Å². The van der Waals surface area contributed by atoms with Crippen LogP contribution in [0.2, 0.25) is 0 Å². The molecular weight excluding hydrogens is 177 g/mol. The van der Waals surface area contributed by atoms with E-state index in [0.717, 1.165) is 5.56 Å². The summed E-state index contributed by atoms with van der Waals surface area (Å²) in [6.45, 7) is 5.52. The number of halogens is 1. The van der Waals surface area contributed by atoms with Crippen LogP contribution >= 0.6 is 0 Å². The summed E-state index contributed by atoms with van der Waals surface area (Å²) in [6, 6.07) is 4.56. The first-order chi connectivity index (χ1) is 6.38. The molecule has 0 atom stereocenters. The molecule has 0 aliphatic heterocycles. The average molecular weight is 191 g/mol. The van der Waals surface area contributed by atoms with E-state index in [1.165, 1.54) is 12.1 Å². The summed E-state index contributed by atoms with van der Waals surface area (Å²) in [4.78, 5) is 0. The zero-order valence-electron chi connectivity index (χ0n) is 8.69. The molecule has 0 fully saturated rings. The Morgan fingerprint density at radius 3 is 2.57 bits per heavy atom. The van der Waals surface area contributed by atoms with Gasteiger partial charge in [-0.25, -0.2) is 4.39 Å². The first-order valence-corrected chi connectivity index (χ1v) is 4.47. The molecule has 14 heavy (non-hydrogen) atoms. The second-order valence-corrected chi connectivity index (χ2v) is 3.93. The maximum Gasteiger partial charge on any atom is 0.124 e. The van der Waals surface area contributed by atoms with Crippen molar-refractivity contribution in [2.24, 2.45) is 5.73 Å². The van der Waals surface area contributed by atoms with E-state index in [0.29, 0.717) is 5.56 Å². The highest BCUT2D eigenvalue weighted by Crippen LogP contribution is 2.09. The van der Waals surface area contributed by atoms with Crippen LogP contribution in [-0.2, 0) is 0 Å². The van der Waals surface area contributed by atoms with Crippen molar-refractivity contribution in [2.75, 3.05) is 0 Å². The molecule has 1 aromatic rings. The van der Waals surface area contributed by atoms with Gasteiger partial charge in [-0.1, -0.05) is 17.9 Å². The lowest BCUT2D eigenvalue weighted by Crippen LogP contribution is -2.29. The monoisotopic (exact) mass is 191 g/mol. The van der Waals surface area contributed by atoms with Gasteiger partial charge in [-0.15, -0.1) is 0 Å². The third kappa shape index (κ3) is 3.20. The van der Waals surface area contributed by atoms with Gasteiger partial charge < -0.3 is 5.73 Å². The van der Waals surface area contributed by atoms with Crippen LogP contribution in [0.5, 0.6) is 0 Å². The smallest absolute Gasteiger partial charge is 0.124 e. The Bertz CT molecular complexity index is 391. The van der Waals surface area contributed by atoms with Crippen molar-refractivity contribution in [1.29, 1.82) is 0 Å². The van der Waals surface area contributed by atoms with Gasteiger partial charge in [0.25, 0.3) is 0 Å². The van der Waals surface area contributed by atoms with Gasteiger partial charge in [0.15, 0.2) is 0 Å². The van der Waals surface area contributed by atoms with Crippen molar-refractivity contribution < 1.29 is 4.39 Å². The third-order valence-electron chi connectivity index (χ3n) is 1.72. The van der Waals surface area contributed by atoms with Gasteiger partial charge in [0.05, 0.1) is 5.54 Å². The third-order valence-corrected chi connectivity index (χ3v) is 1.72. The number of rotatable bonds is 0. The zero-order chi connectivity index (χ0) is 10.8. The molecule has 0 radical (unpaired) electrons. The summed E-state index contributed by atoms with van der Waals surface area (Å²) >= 11 is 0. The number of nitrogens with two attached hydrogens (primary N) is 1. The average Bonchev–Trinajstić information content (AvgIpc) is 2.05. The molecule has 0 aliphatic rings. The quantitative estimate of drug-likeness (QED) is 0.625. The van der Waals surface area contributed by atoms with Crippen molar-refractivity contribution in [2.45, 2.75) is 26.3 Å². The first kappa shape index (κ1) is 10.7. The molecule has 1 nitrogen and oxygen atoms in total. The minimum absolute atomic E-state index is 0.269. The molecule has 0 aliphatic carbocycles. The Morgan fingerprint density at radius 1 is 1.36 bits per heavy atom. The van der Waals surface area contributed by atoms with Gasteiger partial charge in [-0.2, -0.15) is 0 Å². The Hall–Kier alpha value is -1.33. The molecule has 2 N–H and O–H groups in total. The van der Waals surface area contributed by atoms with Crippen LogP contribution in [0.3, 0.4) is 0 Å². The van der Waals surface area contributed by atoms with Gasteiger partial charge in [-0.05, 0) is 38.5 Å². The maximum atomic E-state index is 12.9. The van der Waals surface area contributed by atoms with Crippen molar-refractivity contribution in [3.63, 3.8) is 0 Å². The Morgan fingerprint density at radius 2 is 2.00 bits per heavy atom. The molecule has 1 aromatic carbocycles. The minimum atomic E-state index is -0.543. The highest BCUT2D eigenvalue weighted by molar-refractivity contribution is 5.42. The van der Waals surface area contributed by atoms with E-state index < -0.39 is 5.54 Å². The van der Waals surface area contributed by atoms with Gasteiger partial charge >= 0.3 is 0 Å². The summed E-state index contributed by atoms with van der Waals surface area (Å²) < 4.78 is 12.9. The summed E-state index contributed by atoms with van der Waals surface area (Å²) in [5, 5.41) is 0. The lowest BCUT2D eigenvalue weighted by molar-refractivity contribution is 0.627. The lowest BCUT2D eigenvalue weighted by atomic mass is 10.1. The normalized spacial score (nSPS) is 10.6. The van der Waals surface area contributed by atoms with Crippen LogP contribution < -0.4 is 5.73 Å². The lowest BCUT2D eigenvalue weighted by Gasteiger charge is -2.07. The molecule has 0 heterocycles. The molecule has 0 bridgehead atoms. The van der Waals surface area contributed by atoms with Crippen LogP contribution in [0.4, 0.5) is 4.39 Å². The van der Waals surface area contributed by atoms with E-state index in [-0.39, 0.29) is 5.82 Å². The second kappa shape index (κ2) is 3.81. The van der Waals surface area contributed by atoms with Gasteiger partial charge in [0.1, 0.15) is 5.82 Å². The topological polar surface area (TPSA) is 26.0 Å². The highest BCUT2D eigenvalue weighted by Gasteiger charge is 2.04. The largest absolute Gasteiger partial charge is 0.316 e. The minimum Gasteiger partial charge on any atom is -0.316 e. The standard InChI is InChI=1S/C12H14FN/c1-9-4-5-11(13)8-10(9)6-7-12(2,3)14/h4-5,8H,14H2,1-3H3. The van der Waals surface area contributed by atoms with Crippen molar-refractivity contribution >= 4 is 0 Å². The van der Waals surface area contributed by atoms with E-state index in [1.807, 2.05) is 20.8 Å². The van der Waals surface area contributed by atoms with Crippen LogP contribution in [0.1, 0.15) is 25.0 Å². The predicted molar refractivity (Wildman–Crippen MR) is 56.3 cm³/mol. The molecule has 0 amide bonds. The Balaban J connectivity index is 3.06. The number of aryl methyl sites for hydroxylation is 1. The second-order valence-electron chi connectivity index (χ2n) is 3.93. The van der Waals surface area contributed by atoms with E-state index in [4.69, 9.17) is 5.73 Å². The molecule has 2 heteroatoms. The maximum absolute atomic E-state index is 12.9. The molecule has 74 valence electrons. The van der Waals surface area contributed by atoms with Crippen molar-refractivity contribution in [1.82, 2.24) is 0 Å². The predicted octanol–water partition coefficient (Wildman–Crippen LogP) is 2.22. The van der Waals surface area contributed by atoms with Gasteiger partial charge in [0.2, 0.25) is 0 Å². The fraction of sp³-hybridized carbons (Fsp3) is 0.333. The summed E-state index contributed by atoms with van der Waals surface area (Å²) in [7, 11) is 0. The fourth-order valence-electron chi connectivity index (χ4n) is 0.957. The zero-order valence-corrected chi connectivity index (χ0v) is 8.69. The first-order valence-electron chi connectivity index (χ1n) is 4.47. The number of benzene rings is 1. The molecule has 0 aromatic heterocycles. The van der Waals surface area contributed by atoms with E-state index in [2.05, 4.69) is 11.8 Å². The molecule has 0 spiro atoms. The highest BCUT2D eigenvalue weighted by atomic mass is 19.1. The van der Waals surface area contributed by atoms with Crippen LogP contribution in [0, 0.1) is 24.6 Å².